The van der Waals surface area contributed by atoms with Gasteiger partial charge in [0.2, 0.25) is 0 Å². The molecular formula is C8H12OS. The monoisotopic (exact) mass is 156 g/mol. The Bertz CT molecular complexity index is 268. The van der Waals surface area contributed by atoms with Gasteiger partial charge in [-0.3, -0.25) is 4.21 Å². The van der Waals surface area contributed by atoms with Crippen molar-refractivity contribution < 1.29 is 4.21 Å². The average molecular weight is 156 g/mol. The third-order valence-corrected chi connectivity index (χ3v) is 2.76. The van der Waals surface area contributed by atoms with E-state index in [4.69, 9.17) is 0 Å². The summed E-state index contributed by atoms with van der Waals surface area (Å²) in [7, 11) is -1.95. The van der Waals surface area contributed by atoms with Gasteiger partial charge in [0.05, 0.1) is 0 Å². The first kappa shape index (κ1) is 7.61. The van der Waals surface area contributed by atoms with Crippen LogP contribution in [0.4, 0.5) is 0 Å². The topological polar surface area (TPSA) is 17.1 Å². The van der Waals surface area contributed by atoms with Crippen LogP contribution < -0.4 is 0 Å². The second-order valence-corrected chi connectivity index (χ2v) is 5.07. The Balaban J connectivity index is 2.94. The second kappa shape index (κ2) is 2.62. The lowest BCUT2D eigenvalue weighted by atomic mass is 10.2. The maximum atomic E-state index is 11.3. The zero-order valence-electron chi connectivity index (χ0n) is 6.17. The molecule has 0 amide bonds. The molecule has 0 N–H and O–H groups in total. The molecule has 0 aromatic carbocycles. The lowest BCUT2D eigenvalue weighted by Gasteiger charge is -2.06. The van der Waals surface area contributed by atoms with E-state index in [0.29, 0.717) is 0 Å². The van der Waals surface area contributed by atoms with Gasteiger partial charge in [-0.25, -0.2) is 0 Å². The molecule has 1 aliphatic carbocycles. The standard InChI is InChI=1S/C8H12OS/c1-10(2,9)8-6-4-3-5-7-8/h4,6-7H,1,3,5H2,2H3. The van der Waals surface area contributed by atoms with Gasteiger partial charge in [0.1, 0.15) is 0 Å². The summed E-state index contributed by atoms with van der Waals surface area (Å²) in [6, 6.07) is 0. The van der Waals surface area contributed by atoms with E-state index in [9.17, 15) is 4.21 Å². The molecule has 0 saturated heterocycles. The van der Waals surface area contributed by atoms with Crippen LogP contribution in [0.25, 0.3) is 0 Å². The maximum absolute atomic E-state index is 11.3. The van der Waals surface area contributed by atoms with Crippen molar-refractivity contribution >= 4 is 15.4 Å². The van der Waals surface area contributed by atoms with Gasteiger partial charge >= 0.3 is 0 Å². The van der Waals surface area contributed by atoms with Gasteiger partial charge in [-0.1, -0.05) is 18.2 Å². The molecule has 0 bridgehead atoms. The molecule has 1 aliphatic rings. The number of rotatable bonds is 1. The molecule has 1 atom stereocenters. The van der Waals surface area contributed by atoms with Gasteiger partial charge in [-0.05, 0) is 28.2 Å². The normalized spacial score (nSPS) is 23.5. The minimum absolute atomic E-state index is 0.902. The summed E-state index contributed by atoms with van der Waals surface area (Å²) in [6.45, 7) is 0. The molecule has 0 heterocycles. The van der Waals surface area contributed by atoms with Crippen molar-refractivity contribution in [2.24, 2.45) is 0 Å². The minimum atomic E-state index is -1.95. The Kier molecular flexibility index (Phi) is 2.00. The molecular weight excluding hydrogens is 144 g/mol. The van der Waals surface area contributed by atoms with E-state index < -0.39 is 9.52 Å². The van der Waals surface area contributed by atoms with E-state index in [1.807, 2.05) is 18.2 Å². The van der Waals surface area contributed by atoms with Crippen LogP contribution in [0.15, 0.2) is 23.1 Å². The zero-order valence-corrected chi connectivity index (χ0v) is 6.99. The van der Waals surface area contributed by atoms with Crippen molar-refractivity contribution in [3.63, 3.8) is 0 Å². The Morgan fingerprint density at radius 3 is 2.60 bits per heavy atom. The molecule has 2 heteroatoms. The van der Waals surface area contributed by atoms with Gasteiger partial charge in [0, 0.05) is 11.2 Å². The SMILES string of the molecule is C=S(C)(=O)C1=CCCC=C1. The number of hydrogen-bond donors (Lipinski definition) is 0. The molecule has 0 aromatic heterocycles. The van der Waals surface area contributed by atoms with Crippen molar-refractivity contribution in [2.45, 2.75) is 12.8 Å². The molecule has 10 heavy (non-hydrogen) atoms. The van der Waals surface area contributed by atoms with Crippen LogP contribution in [-0.2, 0) is 9.52 Å². The summed E-state index contributed by atoms with van der Waals surface area (Å²) < 4.78 is 11.3. The lowest BCUT2D eigenvalue weighted by Crippen LogP contribution is -1.99. The Labute approximate surface area is 62.5 Å². The van der Waals surface area contributed by atoms with E-state index in [0.717, 1.165) is 17.7 Å². The van der Waals surface area contributed by atoms with Crippen molar-refractivity contribution in [2.75, 3.05) is 6.26 Å². The Morgan fingerprint density at radius 2 is 2.30 bits per heavy atom. The van der Waals surface area contributed by atoms with E-state index in [2.05, 4.69) is 5.87 Å². The van der Waals surface area contributed by atoms with Crippen molar-refractivity contribution in [3.8, 4) is 0 Å². The quantitative estimate of drug-likeness (QED) is 0.527. The molecule has 0 spiro atoms. The minimum Gasteiger partial charge on any atom is -0.263 e. The van der Waals surface area contributed by atoms with Crippen molar-refractivity contribution in [1.29, 1.82) is 0 Å². The van der Waals surface area contributed by atoms with Crippen molar-refractivity contribution in [3.05, 3.63) is 23.1 Å². The van der Waals surface area contributed by atoms with E-state index in [-0.39, 0.29) is 0 Å². The van der Waals surface area contributed by atoms with Crippen LogP contribution in [0.5, 0.6) is 0 Å². The summed E-state index contributed by atoms with van der Waals surface area (Å²) in [5.41, 5.74) is 0. The maximum Gasteiger partial charge on any atom is 0.0259 e. The predicted molar refractivity (Wildman–Crippen MR) is 47.6 cm³/mol. The summed E-state index contributed by atoms with van der Waals surface area (Å²) >= 11 is 0. The first-order chi connectivity index (χ1) is 4.61. The lowest BCUT2D eigenvalue weighted by molar-refractivity contribution is 0.688. The largest absolute Gasteiger partial charge is 0.263 e. The predicted octanol–water partition coefficient (Wildman–Crippen LogP) is 1.57. The van der Waals surface area contributed by atoms with Crippen LogP contribution in [-0.4, -0.2) is 16.3 Å². The van der Waals surface area contributed by atoms with Crippen LogP contribution in [0.2, 0.25) is 0 Å². The van der Waals surface area contributed by atoms with Crippen LogP contribution in [0, 0.1) is 0 Å². The molecule has 0 radical (unpaired) electrons. The van der Waals surface area contributed by atoms with E-state index in [1.165, 1.54) is 0 Å². The first-order valence-corrected chi connectivity index (χ1v) is 5.43. The molecule has 0 fully saturated rings. The third-order valence-electron chi connectivity index (χ3n) is 1.46. The highest BCUT2D eigenvalue weighted by atomic mass is 32.2. The highest BCUT2D eigenvalue weighted by Gasteiger charge is 2.02. The van der Waals surface area contributed by atoms with Gasteiger partial charge in [-0.15, -0.1) is 0 Å². The molecule has 0 aromatic rings. The van der Waals surface area contributed by atoms with Gasteiger partial charge in [0.15, 0.2) is 0 Å². The van der Waals surface area contributed by atoms with Gasteiger partial charge in [0.25, 0.3) is 0 Å². The fraction of sp³-hybridized carbons (Fsp3) is 0.375. The summed E-state index contributed by atoms with van der Waals surface area (Å²) in [5, 5.41) is 0. The number of hydrogen-bond acceptors (Lipinski definition) is 1. The summed E-state index contributed by atoms with van der Waals surface area (Å²) in [6.07, 6.45) is 9.72. The molecule has 1 nitrogen and oxygen atoms in total. The van der Waals surface area contributed by atoms with Crippen LogP contribution >= 0.6 is 0 Å². The first-order valence-electron chi connectivity index (χ1n) is 3.29. The van der Waals surface area contributed by atoms with Gasteiger partial charge in [-0.2, -0.15) is 0 Å². The highest BCUT2D eigenvalue weighted by Crippen LogP contribution is 2.13. The fourth-order valence-electron chi connectivity index (χ4n) is 0.910. The third kappa shape index (κ3) is 1.74. The molecule has 0 aliphatic heterocycles. The molecule has 1 unspecified atom stereocenters. The summed E-state index contributed by atoms with van der Waals surface area (Å²) in [5.74, 6) is 3.60. The molecule has 1 rings (SSSR count). The average Bonchev–Trinajstić information content (AvgIpc) is 1.88. The number of allylic oxidation sites excluding steroid dienone is 3. The van der Waals surface area contributed by atoms with Gasteiger partial charge < -0.3 is 0 Å². The Morgan fingerprint density at radius 1 is 1.60 bits per heavy atom. The van der Waals surface area contributed by atoms with E-state index >= 15 is 0 Å². The molecule has 0 saturated carbocycles. The zero-order chi connectivity index (χ0) is 7.61. The second-order valence-electron chi connectivity index (χ2n) is 2.59. The van der Waals surface area contributed by atoms with Crippen LogP contribution in [0.3, 0.4) is 0 Å². The fourth-order valence-corrected chi connectivity index (χ4v) is 1.76. The highest BCUT2D eigenvalue weighted by molar-refractivity contribution is 8.03. The van der Waals surface area contributed by atoms with E-state index in [1.54, 1.807) is 6.26 Å². The Hall–Kier alpha value is -0.500. The van der Waals surface area contributed by atoms with Crippen LogP contribution in [0.1, 0.15) is 12.8 Å². The van der Waals surface area contributed by atoms with Crippen molar-refractivity contribution in [1.82, 2.24) is 0 Å². The smallest absolute Gasteiger partial charge is 0.0259 e. The molecule has 56 valence electrons. The summed E-state index contributed by atoms with van der Waals surface area (Å²) in [4.78, 5) is 0.902.